The highest BCUT2D eigenvalue weighted by Gasteiger charge is 2.42. The van der Waals surface area contributed by atoms with Crippen molar-refractivity contribution < 1.29 is 38.4 Å². The summed E-state index contributed by atoms with van der Waals surface area (Å²) in [5, 5.41) is 0. The van der Waals surface area contributed by atoms with Gasteiger partial charge < -0.3 is 0 Å². The van der Waals surface area contributed by atoms with Crippen LogP contribution in [0.5, 0.6) is 0 Å². The first kappa shape index (κ1) is 19.6. The monoisotopic (exact) mass is 342 g/mol. The van der Waals surface area contributed by atoms with Gasteiger partial charge in [0.2, 0.25) is 5.92 Å². The zero-order valence-corrected chi connectivity index (χ0v) is 12.9. The first-order valence-electron chi connectivity index (χ1n) is 5.38. The molecular formula is C9H17F3O6S2. The van der Waals surface area contributed by atoms with E-state index in [-0.39, 0.29) is 0 Å². The van der Waals surface area contributed by atoms with Crippen LogP contribution >= 0.6 is 0 Å². The van der Waals surface area contributed by atoms with Crippen LogP contribution in [0.25, 0.3) is 0 Å². The average molecular weight is 342 g/mol. The van der Waals surface area contributed by atoms with Gasteiger partial charge in [0.05, 0.1) is 14.2 Å². The van der Waals surface area contributed by atoms with Crippen molar-refractivity contribution in [2.75, 3.05) is 25.7 Å². The summed E-state index contributed by atoms with van der Waals surface area (Å²) in [6, 6.07) is 0. The lowest BCUT2D eigenvalue weighted by atomic mass is 10.0. The molecule has 6 nitrogen and oxygen atoms in total. The third-order valence-corrected chi connectivity index (χ3v) is 5.15. The Hall–Kier alpha value is -0.390. The fraction of sp³-hybridized carbons (Fsp3) is 1.00. The van der Waals surface area contributed by atoms with Crippen LogP contribution < -0.4 is 0 Å². The fourth-order valence-electron chi connectivity index (χ4n) is 1.38. The van der Waals surface area contributed by atoms with E-state index in [0.717, 1.165) is 14.2 Å². The van der Waals surface area contributed by atoms with E-state index < -0.39 is 56.2 Å². The second-order valence-corrected chi connectivity index (χ2v) is 7.93. The van der Waals surface area contributed by atoms with E-state index in [9.17, 15) is 30.0 Å². The van der Waals surface area contributed by atoms with E-state index in [1.54, 1.807) is 0 Å². The lowest BCUT2D eigenvalue weighted by molar-refractivity contribution is -0.00249. The molecule has 20 heavy (non-hydrogen) atoms. The van der Waals surface area contributed by atoms with Gasteiger partial charge in [-0.15, -0.1) is 0 Å². The quantitative estimate of drug-likeness (QED) is 0.583. The van der Waals surface area contributed by atoms with Crippen LogP contribution in [0.1, 0.15) is 19.8 Å². The molecule has 0 aromatic rings. The maximum Gasteiger partial charge on any atom is 0.270 e. The van der Waals surface area contributed by atoms with Crippen molar-refractivity contribution in [1.29, 1.82) is 0 Å². The Morgan fingerprint density at radius 1 is 0.850 bits per heavy atom. The van der Waals surface area contributed by atoms with Crippen molar-refractivity contribution in [2.24, 2.45) is 0 Å². The maximum absolute atomic E-state index is 14.4. The molecule has 0 saturated carbocycles. The number of alkyl halides is 3. The summed E-state index contributed by atoms with van der Waals surface area (Å²) in [6.45, 7) is 0.517. The Kier molecular flexibility index (Phi) is 6.45. The van der Waals surface area contributed by atoms with E-state index in [4.69, 9.17) is 0 Å². The van der Waals surface area contributed by atoms with Gasteiger partial charge in [0, 0.05) is 6.42 Å². The Morgan fingerprint density at radius 2 is 1.20 bits per heavy atom. The predicted molar refractivity (Wildman–Crippen MR) is 65.3 cm³/mol. The van der Waals surface area contributed by atoms with Gasteiger partial charge in [-0.05, 0) is 13.3 Å². The Bertz CT molecular complexity index is 472. The van der Waals surface area contributed by atoms with Crippen molar-refractivity contribution in [3.8, 4) is 0 Å². The maximum atomic E-state index is 14.4. The second-order valence-electron chi connectivity index (χ2n) is 4.46. The van der Waals surface area contributed by atoms with Crippen LogP contribution in [0.4, 0.5) is 13.2 Å². The van der Waals surface area contributed by atoms with E-state index in [0.29, 0.717) is 6.92 Å². The summed E-state index contributed by atoms with van der Waals surface area (Å²) in [6.07, 6.45) is -1.98. The molecule has 0 aliphatic carbocycles. The molecule has 0 aliphatic rings. The van der Waals surface area contributed by atoms with E-state index in [1.165, 1.54) is 0 Å². The second kappa shape index (κ2) is 6.58. The van der Waals surface area contributed by atoms with Crippen LogP contribution in [0.15, 0.2) is 0 Å². The van der Waals surface area contributed by atoms with Crippen LogP contribution in [0.2, 0.25) is 0 Å². The minimum absolute atomic E-state index is 0.517. The SMILES string of the molecule is COS(=O)(=O)CC(F)(CCC(C)(F)F)CS(=O)(=O)OC. The van der Waals surface area contributed by atoms with Gasteiger partial charge >= 0.3 is 0 Å². The van der Waals surface area contributed by atoms with Gasteiger partial charge in [0.15, 0.2) is 0 Å². The molecule has 122 valence electrons. The fourth-order valence-corrected chi connectivity index (χ4v) is 3.51. The Morgan fingerprint density at radius 3 is 1.45 bits per heavy atom. The molecule has 0 unspecified atom stereocenters. The minimum Gasteiger partial charge on any atom is -0.273 e. The molecule has 0 N–H and O–H groups in total. The van der Waals surface area contributed by atoms with Crippen molar-refractivity contribution in [2.45, 2.75) is 31.4 Å². The summed E-state index contributed by atoms with van der Waals surface area (Å²) < 4.78 is 92.9. The third kappa shape index (κ3) is 8.02. The van der Waals surface area contributed by atoms with E-state index in [2.05, 4.69) is 8.37 Å². The van der Waals surface area contributed by atoms with Crippen molar-refractivity contribution in [1.82, 2.24) is 0 Å². The van der Waals surface area contributed by atoms with Crippen molar-refractivity contribution >= 4 is 20.2 Å². The molecule has 0 amide bonds. The molecule has 0 aliphatic heterocycles. The van der Waals surface area contributed by atoms with Crippen LogP contribution in [-0.2, 0) is 28.6 Å². The van der Waals surface area contributed by atoms with Gasteiger partial charge in [-0.25, -0.2) is 13.2 Å². The largest absolute Gasteiger partial charge is 0.273 e. The van der Waals surface area contributed by atoms with E-state index >= 15 is 0 Å². The molecular weight excluding hydrogens is 325 g/mol. The molecule has 0 atom stereocenters. The van der Waals surface area contributed by atoms with Crippen LogP contribution in [0, 0.1) is 0 Å². The lowest BCUT2D eigenvalue weighted by Gasteiger charge is -2.25. The molecule has 0 fully saturated rings. The summed E-state index contributed by atoms with van der Waals surface area (Å²) in [4.78, 5) is 0. The van der Waals surface area contributed by atoms with Gasteiger partial charge in [-0.3, -0.25) is 8.37 Å². The highest BCUT2D eigenvalue weighted by Crippen LogP contribution is 2.29. The number of hydrogen-bond donors (Lipinski definition) is 0. The molecule has 11 heteroatoms. The molecule has 0 aromatic carbocycles. The van der Waals surface area contributed by atoms with Crippen LogP contribution in [0.3, 0.4) is 0 Å². The average Bonchev–Trinajstić information content (AvgIpc) is 2.24. The van der Waals surface area contributed by atoms with Crippen LogP contribution in [-0.4, -0.2) is 54.2 Å². The molecule has 0 radical (unpaired) electrons. The topological polar surface area (TPSA) is 86.7 Å². The zero-order valence-electron chi connectivity index (χ0n) is 11.2. The first-order chi connectivity index (χ1) is 8.74. The van der Waals surface area contributed by atoms with Gasteiger partial charge in [-0.2, -0.15) is 16.8 Å². The van der Waals surface area contributed by atoms with Gasteiger partial charge in [-0.1, -0.05) is 0 Å². The standard InChI is InChI=1S/C9H17F3O6S2/c1-8(10,11)4-5-9(12,6-19(13,14)17-2)7-20(15,16)18-3/h4-7H2,1-3H3. The summed E-state index contributed by atoms with van der Waals surface area (Å²) in [7, 11) is -7.21. The highest BCUT2D eigenvalue weighted by atomic mass is 32.2. The third-order valence-electron chi connectivity index (χ3n) is 2.39. The molecule has 0 rings (SSSR count). The van der Waals surface area contributed by atoms with Crippen molar-refractivity contribution in [3.05, 3.63) is 0 Å². The molecule has 0 aromatic heterocycles. The zero-order chi connectivity index (χ0) is 16.2. The molecule has 0 saturated heterocycles. The minimum atomic E-state index is -4.37. The van der Waals surface area contributed by atoms with Crippen molar-refractivity contribution in [3.63, 3.8) is 0 Å². The lowest BCUT2D eigenvalue weighted by Crippen LogP contribution is -2.41. The first-order valence-corrected chi connectivity index (χ1v) is 8.53. The smallest absolute Gasteiger partial charge is 0.270 e. The number of halogens is 3. The summed E-state index contributed by atoms with van der Waals surface area (Å²) in [5.41, 5.74) is -2.93. The highest BCUT2D eigenvalue weighted by molar-refractivity contribution is 7.87. The van der Waals surface area contributed by atoms with E-state index in [1.807, 2.05) is 0 Å². The molecule has 0 spiro atoms. The number of hydrogen-bond acceptors (Lipinski definition) is 6. The Balaban J connectivity index is 5.23. The van der Waals surface area contributed by atoms with Gasteiger partial charge in [0.25, 0.3) is 20.2 Å². The normalized spacial score (nSPS) is 14.5. The Labute approximate surface area is 116 Å². The molecule has 0 bridgehead atoms. The summed E-state index contributed by atoms with van der Waals surface area (Å²) >= 11 is 0. The van der Waals surface area contributed by atoms with Gasteiger partial charge in [0.1, 0.15) is 17.2 Å². The molecule has 0 heterocycles. The summed E-state index contributed by atoms with van der Waals surface area (Å²) in [5.74, 6) is -5.96. The predicted octanol–water partition coefficient (Wildman–Crippen LogP) is 1.08. The number of rotatable bonds is 9.